The van der Waals surface area contributed by atoms with Crippen LogP contribution in [-0.2, 0) is 10.0 Å². The molecule has 4 nitrogen and oxygen atoms in total. The highest BCUT2D eigenvalue weighted by Gasteiger charge is 2.28. The zero-order valence-electron chi connectivity index (χ0n) is 12.7. The van der Waals surface area contributed by atoms with Crippen LogP contribution in [0.1, 0.15) is 34.6 Å². The van der Waals surface area contributed by atoms with Crippen LogP contribution in [0.2, 0.25) is 0 Å². The molecule has 0 bridgehead atoms. The van der Waals surface area contributed by atoms with E-state index in [4.69, 9.17) is 4.74 Å². The number of ether oxygens (including phenoxy) is 1. The summed E-state index contributed by atoms with van der Waals surface area (Å²) in [6.45, 7) is 12.5. The van der Waals surface area contributed by atoms with Gasteiger partial charge in [0.25, 0.3) is 0 Å². The van der Waals surface area contributed by atoms with Gasteiger partial charge in [0.2, 0.25) is 10.0 Å². The monoisotopic (exact) mass is 297 g/mol. The second kappa shape index (κ2) is 5.48. The SMILES string of the molecule is C=CC(C)(C)Oc1ccc(NS(=O)(=O)C(C)(C)C)cc1. The van der Waals surface area contributed by atoms with Crippen molar-refractivity contribution in [1.29, 1.82) is 0 Å². The summed E-state index contributed by atoms with van der Waals surface area (Å²) in [5, 5.41) is 0. The summed E-state index contributed by atoms with van der Waals surface area (Å²) in [7, 11) is -3.41. The molecule has 1 aromatic carbocycles. The van der Waals surface area contributed by atoms with E-state index in [1.54, 1.807) is 51.1 Å². The Hall–Kier alpha value is -1.49. The fourth-order valence-corrected chi connectivity index (χ4v) is 2.00. The highest BCUT2D eigenvalue weighted by Crippen LogP contribution is 2.24. The number of nitrogens with one attached hydrogen (secondary N) is 1. The summed E-state index contributed by atoms with van der Waals surface area (Å²) in [6, 6.07) is 6.81. The predicted octanol–water partition coefficient (Wildman–Crippen LogP) is 3.57. The Morgan fingerprint density at radius 2 is 1.60 bits per heavy atom. The molecule has 0 unspecified atom stereocenters. The van der Waals surface area contributed by atoms with Gasteiger partial charge in [-0.2, -0.15) is 0 Å². The first kappa shape index (κ1) is 16.6. The van der Waals surface area contributed by atoms with Crippen LogP contribution in [0.15, 0.2) is 36.9 Å². The first-order valence-electron chi connectivity index (χ1n) is 6.42. The van der Waals surface area contributed by atoms with Crippen molar-refractivity contribution in [3.63, 3.8) is 0 Å². The van der Waals surface area contributed by atoms with E-state index in [2.05, 4.69) is 11.3 Å². The predicted molar refractivity (Wildman–Crippen MR) is 83.6 cm³/mol. The fraction of sp³-hybridized carbons (Fsp3) is 0.467. The van der Waals surface area contributed by atoms with Crippen LogP contribution >= 0.6 is 0 Å². The lowest BCUT2D eigenvalue weighted by Crippen LogP contribution is -2.33. The maximum Gasteiger partial charge on any atom is 0.237 e. The van der Waals surface area contributed by atoms with E-state index < -0.39 is 20.4 Å². The van der Waals surface area contributed by atoms with E-state index in [-0.39, 0.29) is 0 Å². The molecular weight excluding hydrogens is 274 g/mol. The molecule has 0 fully saturated rings. The molecule has 0 aliphatic heterocycles. The minimum atomic E-state index is -3.41. The number of anilines is 1. The van der Waals surface area contributed by atoms with Crippen LogP contribution in [-0.4, -0.2) is 18.8 Å². The molecule has 0 amide bonds. The molecule has 1 N–H and O–H groups in total. The largest absolute Gasteiger partial charge is 0.484 e. The first-order valence-corrected chi connectivity index (χ1v) is 7.90. The summed E-state index contributed by atoms with van der Waals surface area (Å²) >= 11 is 0. The number of benzene rings is 1. The number of sulfonamides is 1. The van der Waals surface area contributed by atoms with Crippen molar-refractivity contribution < 1.29 is 13.2 Å². The molecule has 1 aromatic rings. The fourth-order valence-electron chi connectivity index (χ4n) is 1.24. The minimum Gasteiger partial charge on any atom is -0.484 e. The van der Waals surface area contributed by atoms with E-state index in [0.29, 0.717) is 11.4 Å². The van der Waals surface area contributed by atoms with Crippen molar-refractivity contribution in [3.05, 3.63) is 36.9 Å². The van der Waals surface area contributed by atoms with E-state index in [1.165, 1.54) is 0 Å². The lowest BCUT2D eigenvalue weighted by molar-refractivity contribution is 0.162. The highest BCUT2D eigenvalue weighted by molar-refractivity contribution is 7.94. The van der Waals surface area contributed by atoms with Crippen molar-refractivity contribution in [2.24, 2.45) is 0 Å². The molecule has 20 heavy (non-hydrogen) atoms. The van der Waals surface area contributed by atoms with Crippen molar-refractivity contribution in [2.45, 2.75) is 45.0 Å². The quantitative estimate of drug-likeness (QED) is 0.845. The second-order valence-electron chi connectivity index (χ2n) is 6.15. The van der Waals surface area contributed by atoms with Crippen LogP contribution in [0.5, 0.6) is 5.75 Å². The standard InChI is InChI=1S/C15H23NO3S/c1-7-15(5,6)19-13-10-8-12(9-11-13)16-20(17,18)14(2,3)4/h7-11,16H,1H2,2-6H3. The molecule has 0 aliphatic carbocycles. The summed E-state index contributed by atoms with van der Waals surface area (Å²) in [4.78, 5) is 0. The van der Waals surface area contributed by atoms with Gasteiger partial charge in [0.15, 0.2) is 0 Å². The van der Waals surface area contributed by atoms with Gasteiger partial charge in [0.1, 0.15) is 11.4 Å². The average molecular weight is 297 g/mol. The Bertz CT molecular complexity index is 566. The molecule has 0 atom stereocenters. The van der Waals surface area contributed by atoms with Gasteiger partial charge >= 0.3 is 0 Å². The maximum absolute atomic E-state index is 12.0. The third-order valence-electron chi connectivity index (χ3n) is 2.79. The van der Waals surface area contributed by atoms with Gasteiger partial charge < -0.3 is 4.74 Å². The van der Waals surface area contributed by atoms with E-state index in [0.717, 1.165) is 0 Å². The Labute approximate surface area is 121 Å². The Morgan fingerprint density at radius 3 is 2.00 bits per heavy atom. The average Bonchev–Trinajstić information content (AvgIpc) is 2.29. The number of hydrogen-bond donors (Lipinski definition) is 1. The molecule has 0 aliphatic rings. The summed E-state index contributed by atoms with van der Waals surface area (Å²) < 4.78 is 31.5. The van der Waals surface area contributed by atoms with Crippen LogP contribution in [0.25, 0.3) is 0 Å². The molecular formula is C15H23NO3S. The molecule has 0 aromatic heterocycles. The van der Waals surface area contributed by atoms with Gasteiger partial charge in [-0.3, -0.25) is 4.72 Å². The van der Waals surface area contributed by atoms with Crippen LogP contribution in [0, 0.1) is 0 Å². The molecule has 0 saturated carbocycles. The van der Waals surface area contributed by atoms with Gasteiger partial charge in [0.05, 0.1) is 4.75 Å². The third-order valence-corrected chi connectivity index (χ3v) is 4.90. The van der Waals surface area contributed by atoms with Crippen LogP contribution < -0.4 is 9.46 Å². The van der Waals surface area contributed by atoms with Crippen molar-refractivity contribution in [2.75, 3.05) is 4.72 Å². The molecule has 0 saturated heterocycles. The van der Waals surface area contributed by atoms with Crippen molar-refractivity contribution in [1.82, 2.24) is 0 Å². The summed E-state index contributed by atoms with van der Waals surface area (Å²) in [5.74, 6) is 0.661. The maximum atomic E-state index is 12.0. The topological polar surface area (TPSA) is 55.4 Å². The van der Waals surface area contributed by atoms with Gasteiger partial charge in [-0.1, -0.05) is 6.58 Å². The molecule has 0 radical (unpaired) electrons. The zero-order chi connectivity index (χ0) is 15.6. The van der Waals surface area contributed by atoms with Gasteiger partial charge in [-0.15, -0.1) is 0 Å². The Balaban J connectivity index is 2.86. The van der Waals surface area contributed by atoms with E-state index >= 15 is 0 Å². The first-order chi connectivity index (χ1) is 8.97. The lowest BCUT2D eigenvalue weighted by Gasteiger charge is -2.23. The van der Waals surface area contributed by atoms with Crippen molar-refractivity contribution >= 4 is 15.7 Å². The van der Waals surface area contributed by atoms with Crippen molar-refractivity contribution in [3.8, 4) is 5.75 Å². The molecule has 5 heteroatoms. The third kappa shape index (κ3) is 4.27. The number of hydrogen-bond acceptors (Lipinski definition) is 3. The Morgan fingerprint density at radius 1 is 1.10 bits per heavy atom. The second-order valence-corrected chi connectivity index (χ2v) is 8.59. The smallest absolute Gasteiger partial charge is 0.237 e. The van der Waals surface area contributed by atoms with Crippen LogP contribution in [0.3, 0.4) is 0 Å². The molecule has 1 rings (SSSR count). The molecule has 0 spiro atoms. The molecule has 112 valence electrons. The normalized spacial score (nSPS) is 12.8. The van der Waals surface area contributed by atoms with Gasteiger partial charge in [-0.25, -0.2) is 8.42 Å². The highest BCUT2D eigenvalue weighted by atomic mass is 32.2. The van der Waals surface area contributed by atoms with Gasteiger partial charge in [0, 0.05) is 5.69 Å². The van der Waals surface area contributed by atoms with E-state index in [9.17, 15) is 8.42 Å². The summed E-state index contributed by atoms with van der Waals surface area (Å²) in [6.07, 6.45) is 1.71. The summed E-state index contributed by atoms with van der Waals surface area (Å²) in [5.41, 5.74) is 0.0515. The lowest BCUT2D eigenvalue weighted by atomic mass is 10.1. The number of rotatable bonds is 5. The van der Waals surface area contributed by atoms with E-state index in [1.807, 2.05) is 13.8 Å². The Kier molecular flexibility index (Phi) is 4.54. The minimum absolute atomic E-state index is 0.466. The zero-order valence-corrected chi connectivity index (χ0v) is 13.5. The van der Waals surface area contributed by atoms with Gasteiger partial charge in [-0.05, 0) is 65.0 Å². The molecule has 0 heterocycles. The van der Waals surface area contributed by atoms with Crippen LogP contribution in [0.4, 0.5) is 5.69 Å².